The van der Waals surface area contributed by atoms with Gasteiger partial charge in [-0.1, -0.05) is 60.1 Å². The maximum Gasteiger partial charge on any atom is 0.235 e. The van der Waals surface area contributed by atoms with E-state index in [9.17, 15) is 9.90 Å². The Balaban J connectivity index is 1.93. The molecule has 2 aromatic rings. The molecule has 1 unspecified atom stereocenters. The van der Waals surface area contributed by atoms with Crippen molar-refractivity contribution in [1.29, 1.82) is 0 Å². The van der Waals surface area contributed by atoms with Crippen molar-refractivity contribution in [2.45, 2.75) is 36.8 Å². The first-order valence-corrected chi connectivity index (χ1v) is 9.62. The number of aliphatic hydroxyl groups excluding tert-OH is 1. The highest BCUT2D eigenvalue weighted by Gasteiger charge is 2.30. The van der Waals surface area contributed by atoms with Crippen LogP contribution in [0.15, 0.2) is 54.6 Å². The lowest BCUT2D eigenvalue weighted by Gasteiger charge is -2.26. The summed E-state index contributed by atoms with van der Waals surface area (Å²) in [7, 11) is 0. The summed E-state index contributed by atoms with van der Waals surface area (Å²) in [6.07, 6.45) is 0.605. The Labute approximate surface area is 158 Å². The van der Waals surface area contributed by atoms with Gasteiger partial charge in [0.25, 0.3) is 0 Å². The van der Waals surface area contributed by atoms with Crippen LogP contribution in [0.2, 0.25) is 5.02 Å². The first-order valence-electron chi connectivity index (χ1n) is 8.25. The summed E-state index contributed by atoms with van der Waals surface area (Å²) in [5.41, 5.74) is 2.10. The Morgan fingerprint density at radius 2 is 1.80 bits per heavy atom. The van der Waals surface area contributed by atoms with Gasteiger partial charge >= 0.3 is 0 Å². The number of benzene rings is 2. The average Bonchev–Trinajstić information content (AvgIpc) is 2.61. The van der Waals surface area contributed by atoms with Crippen molar-refractivity contribution in [1.82, 2.24) is 5.32 Å². The highest BCUT2D eigenvalue weighted by atomic mass is 35.5. The number of carbonyl (C=O) groups excluding carboxylic acids is 1. The summed E-state index contributed by atoms with van der Waals surface area (Å²) in [6, 6.07) is 17.2. The van der Waals surface area contributed by atoms with E-state index in [1.54, 1.807) is 0 Å². The first kappa shape index (κ1) is 19.8. The zero-order valence-corrected chi connectivity index (χ0v) is 16.1. The molecule has 25 heavy (non-hydrogen) atoms. The summed E-state index contributed by atoms with van der Waals surface area (Å²) in [6.45, 7) is 3.69. The topological polar surface area (TPSA) is 49.3 Å². The SMILES string of the molecule is CC(C)(SCc1ccccc1Cl)C(=O)NC(CO)Cc1ccccc1. The van der Waals surface area contributed by atoms with Crippen molar-refractivity contribution in [3.05, 3.63) is 70.7 Å². The van der Waals surface area contributed by atoms with Gasteiger partial charge in [0.15, 0.2) is 0 Å². The molecule has 3 nitrogen and oxygen atoms in total. The van der Waals surface area contributed by atoms with E-state index in [1.807, 2.05) is 68.4 Å². The van der Waals surface area contributed by atoms with Crippen LogP contribution >= 0.6 is 23.4 Å². The van der Waals surface area contributed by atoms with Gasteiger partial charge in [-0.05, 0) is 37.5 Å². The molecule has 0 aliphatic carbocycles. The van der Waals surface area contributed by atoms with E-state index in [2.05, 4.69) is 5.32 Å². The molecular weight excluding hydrogens is 354 g/mol. The minimum atomic E-state index is -0.622. The number of nitrogens with one attached hydrogen (secondary N) is 1. The number of amides is 1. The number of hydrogen-bond acceptors (Lipinski definition) is 3. The van der Waals surface area contributed by atoms with E-state index in [0.29, 0.717) is 17.2 Å². The summed E-state index contributed by atoms with van der Waals surface area (Å²) in [4.78, 5) is 12.7. The average molecular weight is 378 g/mol. The second kappa shape index (κ2) is 9.27. The van der Waals surface area contributed by atoms with Gasteiger partial charge in [-0.3, -0.25) is 4.79 Å². The highest BCUT2D eigenvalue weighted by Crippen LogP contribution is 2.30. The molecule has 1 amide bonds. The Kier molecular flexibility index (Phi) is 7.36. The van der Waals surface area contributed by atoms with Crippen molar-refractivity contribution in [2.75, 3.05) is 6.61 Å². The summed E-state index contributed by atoms with van der Waals surface area (Å²) in [5, 5.41) is 13.3. The Morgan fingerprint density at radius 3 is 2.44 bits per heavy atom. The number of hydrogen-bond donors (Lipinski definition) is 2. The predicted molar refractivity (Wildman–Crippen MR) is 106 cm³/mol. The van der Waals surface area contributed by atoms with Crippen LogP contribution in [0, 0.1) is 0 Å². The second-order valence-corrected chi connectivity index (χ2v) is 8.44. The third kappa shape index (κ3) is 6.07. The minimum absolute atomic E-state index is 0.0838. The van der Waals surface area contributed by atoms with Gasteiger partial charge in [0.05, 0.1) is 17.4 Å². The fourth-order valence-corrected chi connectivity index (χ4v) is 3.60. The smallest absolute Gasteiger partial charge is 0.235 e. The molecule has 0 aromatic heterocycles. The standard InChI is InChI=1S/C20H24ClNO2S/c1-20(2,25-14-16-10-6-7-11-18(16)21)19(24)22-17(13-23)12-15-8-4-3-5-9-15/h3-11,17,23H,12-14H2,1-2H3,(H,22,24). The van der Waals surface area contributed by atoms with Crippen LogP contribution in [0.5, 0.6) is 0 Å². The van der Waals surface area contributed by atoms with E-state index in [4.69, 9.17) is 11.6 Å². The fraction of sp³-hybridized carbons (Fsp3) is 0.350. The lowest BCUT2D eigenvalue weighted by Crippen LogP contribution is -2.47. The van der Waals surface area contributed by atoms with Gasteiger partial charge in [-0.2, -0.15) is 0 Å². The molecular formula is C20H24ClNO2S. The van der Waals surface area contributed by atoms with Crippen molar-refractivity contribution in [3.63, 3.8) is 0 Å². The van der Waals surface area contributed by atoms with Gasteiger partial charge in [-0.15, -0.1) is 11.8 Å². The van der Waals surface area contributed by atoms with Crippen LogP contribution in [-0.4, -0.2) is 28.4 Å². The molecule has 0 aliphatic rings. The van der Waals surface area contributed by atoms with Crippen LogP contribution in [0.3, 0.4) is 0 Å². The molecule has 0 radical (unpaired) electrons. The summed E-state index contributed by atoms with van der Waals surface area (Å²) < 4.78 is -0.622. The maximum atomic E-state index is 12.7. The molecule has 5 heteroatoms. The molecule has 0 heterocycles. The Hall–Kier alpha value is -1.49. The molecule has 2 aromatic carbocycles. The lowest BCUT2D eigenvalue weighted by molar-refractivity contribution is -0.123. The monoisotopic (exact) mass is 377 g/mol. The van der Waals surface area contributed by atoms with Crippen LogP contribution in [0.4, 0.5) is 0 Å². The fourth-order valence-electron chi connectivity index (χ4n) is 2.36. The molecule has 0 saturated carbocycles. The minimum Gasteiger partial charge on any atom is -0.394 e. The molecule has 0 fully saturated rings. The van der Waals surface area contributed by atoms with Crippen LogP contribution in [-0.2, 0) is 17.0 Å². The summed E-state index contributed by atoms with van der Waals surface area (Å²) >= 11 is 7.72. The Bertz CT molecular complexity index is 691. The zero-order chi connectivity index (χ0) is 18.3. The highest BCUT2D eigenvalue weighted by molar-refractivity contribution is 8.00. The van der Waals surface area contributed by atoms with Gasteiger partial charge in [0.1, 0.15) is 0 Å². The van der Waals surface area contributed by atoms with Crippen molar-refractivity contribution in [2.24, 2.45) is 0 Å². The zero-order valence-electron chi connectivity index (χ0n) is 14.5. The third-order valence-electron chi connectivity index (χ3n) is 3.97. The first-order chi connectivity index (χ1) is 11.9. The van der Waals surface area contributed by atoms with E-state index in [1.165, 1.54) is 11.8 Å². The second-order valence-electron chi connectivity index (χ2n) is 6.43. The molecule has 134 valence electrons. The predicted octanol–water partition coefficient (Wildman–Crippen LogP) is 4.07. The number of aliphatic hydroxyl groups is 1. The van der Waals surface area contributed by atoms with E-state index >= 15 is 0 Å². The number of rotatable bonds is 8. The lowest BCUT2D eigenvalue weighted by atomic mass is 10.1. The van der Waals surface area contributed by atoms with Crippen molar-refractivity contribution < 1.29 is 9.90 Å². The molecule has 0 aliphatic heterocycles. The molecule has 2 N–H and O–H groups in total. The third-order valence-corrected chi connectivity index (χ3v) is 5.70. The normalized spacial score (nSPS) is 12.6. The Morgan fingerprint density at radius 1 is 1.16 bits per heavy atom. The van der Waals surface area contributed by atoms with Gasteiger partial charge in [0, 0.05) is 10.8 Å². The van der Waals surface area contributed by atoms with Gasteiger partial charge in [-0.25, -0.2) is 0 Å². The van der Waals surface area contributed by atoms with E-state index < -0.39 is 4.75 Å². The van der Waals surface area contributed by atoms with Crippen LogP contribution in [0.25, 0.3) is 0 Å². The molecule has 0 saturated heterocycles. The molecule has 1 atom stereocenters. The van der Waals surface area contributed by atoms with E-state index in [0.717, 1.165) is 11.1 Å². The molecule has 0 spiro atoms. The van der Waals surface area contributed by atoms with Crippen LogP contribution in [0.1, 0.15) is 25.0 Å². The van der Waals surface area contributed by atoms with Crippen LogP contribution < -0.4 is 5.32 Å². The van der Waals surface area contributed by atoms with Crippen molar-refractivity contribution in [3.8, 4) is 0 Å². The van der Waals surface area contributed by atoms with Crippen molar-refractivity contribution >= 4 is 29.3 Å². The van der Waals surface area contributed by atoms with Gasteiger partial charge < -0.3 is 10.4 Å². The molecule has 2 rings (SSSR count). The number of carbonyl (C=O) groups is 1. The quantitative estimate of drug-likeness (QED) is 0.729. The van der Waals surface area contributed by atoms with Gasteiger partial charge in [0.2, 0.25) is 5.91 Å². The van der Waals surface area contributed by atoms with E-state index in [-0.39, 0.29) is 18.6 Å². The maximum absolute atomic E-state index is 12.7. The largest absolute Gasteiger partial charge is 0.394 e. The summed E-state index contributed by atoms with van der Waals surface area (Å²) in [5.74, 6) is 0.572. The molecule has 0 bridgehead atoms. The number of thioether (sulfide) groups is 1. The number of halogens is 1.